The van der Waals surface area contributed by atoms with Gasteiger partial charge in [-0.25, -0.2) is 0 Å². The van der Waals surface area contributed by atoms with Crippen LogP contribution in [-0.2, 0) is 15.9 Å². The number of rotatable bonds is 5. The topological polar surface area (TPSA) is 30.5 Å². The summed E-state index contributed by atoms with van der Waals surface area (Å²) < 4.78 is 10.5. The van der Waals surface area contributed by atoms with E-state index < -0.39 is 0 Å². The van der Waals surface area contributed by atoms with E-state index in [2.05, 4.69) is 43.4 Å². The molecule has 0 saturated carbocycles. The third-order valence-corrected chi connectivity index (χ3v) is 4.20. The fourth-order valence-electron chi connectivity index (χ4n) is 2.93. The van der Waals surface area contributed by atoms with Crippen molar-refractivity contribution in [3.63, 3.8) is 0 Å². The molecular formula is C16H25NO2. The van der Waals surface area contributed by atoms with Gasteiger partial charge in [0.1, 0.15) is 0 Å². The summed E-state index contributed by atoms with van der Waals surface area (Å²) in [7, 11) is 3.35. The normalized spacial score (nSPS) is 21.4. The lowest BCUT2D eigenvalue weighted by Gasteiger charge is -2.41. The number of benzene rings is 1. The Balaban J connectivity index is 2.16. The molecule has 1 aromatic carbocycles. The molecule has 3 nitrogen and oxygen atoms in total. The first-order chi connectivity index (χ1) is 9.08. The molecule has 0 heterocycles. The molecule has 0 radical (unpaired) electrons. The van der Waals surface area contributed by atoms with Gasteiger partial charge in [0, 0.05) is 26.8 Å². The van der Waals surface area contributed by atoms with Gasteiger partial charge in [-0.05, 0) is 29.4 Å². The Morgan fingerprint density at radius 2 is 1.95 bits per heavy atom. The molecule has 106 valence electrons. The van der Waals surface area contributed by atoms with Gasteiger partial charge in [-0.15, -0.1) is 0 Å². The molecule has 1 N–H and O–H groups in total. The highest BCUT2D eigenvalue weighted by atomic mass is 16.7. The van der Waals surface area contributed by atoms with E-state index in [1.54, 1.807) is 14.2 Å². The summed E-state index contributed by atoms with van der Waals surface area (Å²) in [6.45, 7) is 5.36. The van der Waals surface area contributed by atoms with Gasteiger partial charge in [-0.2, -0.15) is 0 Å². The average Bonchev–Trinajstić information content (AvgIpc) is 2.41. The van der Waals surface area contributed by atoms with Crippen molar-refractivity contribution in [3.05, 3.63) is 35.4 Å². The molecule has 1 aromatic rings. The predicted octanol–water partition coefficient (Wildman–Crippen LogP) is 2.91. The van der Waals surface area contributed by atoms with Crippen molar-refractivity contribution in [2.45, 2.75) is 39.0 Å². The van der Waals surface area contributed by atoms with Gasteiger partial charge >= 0.3 is 0 Å². The fraction of sp³-hybridized carbons (Fsp3) is 0.625. The first kappa shape index (κ1) is 14.5. The average molecular weight is 263 g/mol. The molecule has 0 aromatic heterocycles. The van der Waals surface area contributed by atoms with E-state index in [0.717, 1.165) is 0 Å². The summed E-state index contributed by atoms with van der Waals surface area (Å²) >= 11 is 0. The molecule has 1 aliphatic rings. The Morgan fingerprint density at radius 1 is 1.26 bits per heavy atom. The van der Waals surface area contributed by atoms with Crippen LogP contribution >= 0.6 is 0 Å². The fourth-order valence-corrected chi connectivity index (χ4v) is 2.93. The lowest BCUT2D eigenvalue weighted by atomic mass is 9.70. The highest BCUT2D eigenvalue weighted by Gasteiger charge is 2.35. The predicted molar refractivity (Wildman–Crippen MR) is 77.1 cm³/mol. The minimum atomic E-state index is -0.190. The van der Waals surface area contributed by atoms with Gasteiger partial charge in [0.05, 0.1) is 0 Å². The number of aryl methyl sites for hydroxylation is 1. The van der Waals surface area contributed by atoms with Crippen LogP contribution < -0.4 is 5.32 Å². The molecule has 19 heavy (non-hydrogen) atoms. The molecule has 0 aliphatic heterocycles. The maximum atomic E-state index is 5.26. The summed E-state index contributed by atoms with van der Waals surface area (Å²) in [6.07, 6.45) is 2.18. The maximum absolute atomic E-state index is 5.26. The SMILES string of the molecule is COC(CNC1c2ccccc2CCC1(C)C)OC. The van der Waals surface area contributed by atoms with E-state index in [0.29, 0.717) is 12.6 Å². The number of methoxy groups -OCH3 is 2. The molecule has 0 bridgehead atoms. The first-order valence-electron chi connectivity index (χ1n) is 6.95. The van der Waals surface area contributed by atoms with Crippen LogP contribution in [0.1, 0.15) is 37.4 Å². The van der Waals surface area contributed by atoms with E-state index in [4.69, 9.17) is 9.47 Å². The van der Waals surface area contributed by atoms with Gasteiger partial charge in [0.25, 0.3) is 0 Å². The zero-order valence-electron chi connectivity index (χ0n) is 12.4. The number of hydrogen-bond donors (Lipinski definition) is 1. The van der Waals surface area contributed by atoms with Crippen LogP contribution in [-0.4, -0.2) is 27.1 Å². The van der Waals surface area contributed by atoms with Gasteiger partial charge < -0.3 is 14.8 Å². The summed E-state index contributed by atoms with van der Waals surface area (Å²) in [5, 5.41) is 3.62. The third kappa shape index (κ3) is 3.16. The summed E-state index contributed by atoms with van der Waals surface area (Å²) in [5.74, 6) is 0. The Morgan fingerprint density at radius 3 is 2.63 bits per heavy atom. The molecule has 1 unspecified atom stereocenters. The van der Waals surface area contributed by atoms with Gasteiger partial charge in [-0.1, -0.05) is 38.1 Å². The van der Waals surface area contributed by atoms with Gasteiger partial charge in [0.15, 0.2) is 6.29 Å². The van der Waals surface area contributed by atoms with Crippen LogP contribution in [0.3, 0.4) is 0 Å². The third-order valence-electron chi connectivity index (χ3n) is 4.20. The van der Waals surface area contributed by atoms with Crippen molar-refractivity contribution in [3.8, 4) is 0 Å². The van der Waals surface area contributed by atoms with Gasteiger partial charge in [-0.3, -0.25) is 0 Å². The van der Waals surface area contributed by atoms with Crippen molar-refractivity contribution in [1.82, 2.24) is 5.32 Å². The van der Waals surface area contributed by atoms with Crippen LogP contribution in [0, 0.1) is 5.41 Å². The van der Waals surface area contributed by atoms with Crippen LogP contribution in [0.4, 0.5) is 0 Å². The Bertz CT molecular complexity index is 413. The molecule has 2 rings (SSSR count). The highest BCUT2D eigenvalue weighted by molar-refractivity contribution is 5.34. The standard InChI is InChI=1S/C16H25NO2/c1-16(2)10-9-12-7-5-6-8-13(12)15(16)17-11-14(18-3)19-4/h5-8,14-15,17H,9-11H2,1-4H3. The zero-order chi connectivity index (χ0) is 13.9. The minimum Gasteiger partial charge on any atom is -0.355 e. The lowest BCUT2D eigenvalue weighted by molar-refractivity contribution is -0.102. The maximum Gasteiger partial charge on any atom is 0.169 e. The Labute approximate surface area is 116 Å². The van der Waals surface area contributed by atoms with Crippen LogP contribution in [0.2, 0.25) is 0 Å². The molecule has 0 saturated heterocycles. The second-order valence-electron chi connectivity index (χ2n) is 5.93. The molecule has 0 amide bonds. The zero-order valence-corrected chi connectivity index (χ0v) is 12.4. The summed E-state index contributed by atoms with van der Waals surface area (Å²) in [6, 6.07) is 9.08. The number of hydrogen-bond acceptors (Lipinski definition) is 3. The number of fused-ring (bicyclic) bond motifs is 1. The van der Waals surface area contributed by atoms with Crippen molar-refractivity contribution in [1.29, 1.82) is 0 Å². The lowest BCUT2D eigenvalue weighted by Crippen LogP contribution is -2.42. The molecule has 3 heteroatoms. The molecule has 1 atom stereocenters. The van der Waals surface area contributed by atoms with E-state index in [1.165, 1.54) is 24.0 Å². The van der Waals surface area contributed by atoms with Crippen LogP contribution in [0.25, 0.3) is 0 Å². The number of ether oxygens (including phenoxy) is 2. The van der Waals surface area contributed by atoms with E-state index in [1.807, 2.05) is 0 Å². The molecular weight excluding hydrogens is 238 g/mol. The monoisotopic (exact) mass is 263 g/mol. The summed E-state index contributed by atoms with van der Waals surface area (Å²) in [4.78, 5) is 0. The second-order valence-corrected chi connectivity index (χ2v) is 5.93. The molecule has 1 aliphatic carbocycles. The van der Waals surface area contributed by atoms with Crippen molar-refractivity contribution in [2.75, 3.05) is 20.8 Å². The molecule has 0 fully saturated rings. The second kappa shape index (κ2) is 6.04. The van der Waals surface area contributed by atoms with E-state index in [-0.39, 0.29) is 11.7 Å². The quantitative estimate of drug-likeness (QED) is 0.829. The number of nitrogens with one attached hydrogen (secondary N) is 1. The Kier molecular flexibility index (Phi) is 4.61. The minimum absolute atomic E-state index is 0.190. The van der Waals surface area contributed by atoms with Crippen LogP contribution in [0.15, 0.2) is 24.3 Å². The Hall–Kier alpha value is -0.900. The van der Waals surface area contributed by atoms with Crippen molar-refractivity contribution in [2.24, 2.45) is 5.41 Å². The smallest absolute Gasteiger partial charge is 0.169 e. The first-order valence-corrected chi connectivity index (χ1v) is 6.95. The largest absolute Gasteiger partial charge is 0.355 e. The van der Waals surface area contributed by atoms with Crippen molar-refractivity contribution >= 4 is 0 Å². The van der Waals surface area contributed by atoms with E-state index >= 15 is 0 Å². The van der Waals surface area contributed by atoms with Crippen LogP contribution in [0.5, 0.6) is 0 Å². The highest BCUT2D eigenvalue weighted by Crippen LogP contribution is 2.43. The summed E-state index contributed by atoms with van der Waals surface area (Å²) in [5.41, 5.74) is 3.14. The van der Waals surface area contributed by atoms with Crippen molar-refractivity contribution < 1.29 is 9.47 Å². The molecule has 0 spiro atoms. The van der Waals surface area contributed by atoms with Gasteiger partial charge in [0.2, 0.25) is 0 Å². The van der Waals surface area contributed by atoms with E-state index in [9.17, 15) is 0 Å².